The zero-order valence-electron chi connectivity index (χ0n) is 20.2. The first kappa shape index (κ1) is 25.7. The largest absolute Gasteiger partial charge is 0.334 e. The van der Waals surface area contributed by atoms with Gasteiger partial charge in [0.25, 0.3) is 0 Å². The van der Waals surface area contributed by atoms with E-state index in [0.717, 1.165) is 6.20 Å². The fourth-order valence-corrected chi connectivity index (χ4v) is 4.49. The molecule has 0 aliphatic heterocycles. The molecule has 6 rings (SSSR count). The Labute approximate surface area is 233 Å². The summed E-state index contributed by atoms with van der Waals surface area (Å²) in [4.78, 5) is 4.63. The number of nitrogens with one attached hydrogen (secondary N) is 1. The van der Waals surface area contributed by atoms with Crippen LogP contribution in [0.4, 0.5) is 13.2 Å². The Morgan fingerprint density at radius 2 is 1.88 bits per heavy atom. The SMILES string of the molecule is Fc1c(Cl)ccc(-[n+]2cc(Cl)n[nH]2)c1-c1ccc([C@@H](Cn2cccn2)n2cc(-c3cn(C(F)F)nn3)cn2)nc1. The summed E-state index contributed by atoms with van der Waals surface area (Å²) in [5, 5.41) is 22.7. The van der Waals surface area contributed by atoms with E-state index in [1.807, 2.05) is 0 Å². The molecular formula is C24H17Cl2F3N11+. The standard InChI is InChI=1S/C24H16Cl2F3N11/c25-16-3-5-19(39-13-21(26)34-36-39)22(23(16)27)14-2-4-17(30-8-14)20(12-37-7-1-6-31-37)38-10-15(9-32-38)18-11-40(24(28)29)35-33-18/h1-11,13,20,24H,12H2/p+1/t20-/m1/s1. The normalized spacial score (nSPS) is 12.3. The minimum Gasteiger partial charge on any atom is -0.270 e. The molecule has 0 aliphatic rings. The lowest BCUT2D eigenvalue weighted by Crippen LogP contribution is -2.33. The number of hydrogen-bond acceptors (Lipinski definition) is 6. The third-order valence-corrected chi connectivity index (χ3v) is 6.57. The second-order valence-electron chi connectivity index (χ2n) is 8.58. The van der Waals surface area contributed by atoms with Gasteiger partial charge in [0.2, 0.25) is 0 Å². The molecule has 5 aromatic heterocycles. The Morgan fingerprint density at radius 3 is 2.55 bits per heavy atom. The van der Waals surface area contributed by atoms with Gasteiger partial charge in [0.15, 0.2) is 17.7 Å². The van der Waals surface area contributed by atoms with Crippen molar-refractivity contribution in [1.29, 1.82) is 0 Å². The van der Waals surface area contributed by atoms with Gasteiger partial charge in [-0.3, -0.25) is 14.3 Å². The molecule has 0 bridgehead atoms. The van der Waals surface area contributed by atoms with Crippen LogP contribution in [0.5, 0.6) is 0 Å². The van der Waals surface area contributed by atoms with Gasteiger partial charge in [0.1, 0.15) is 11.7 Å². The first-order valence-corrected chi connectivity index (χ1v) is 12.4. The molecule has 1 aromatic carbocycles. The van der Waals surface area contributed by atoms with E-state index in [0.29, 0.717) is 33.7 Å². The summed E-state index contributed by atoms with van der Waals surface area (Å²) in [6, 6.07) is 7.86. The number of halogens is 5. The third kappa shape index (κ3) is 4.94. The maximum Gasteiger partial charge on any atom is 0.334 e. The number of H-pyrrole nitrogens is 1. The average molecular weight is 587 g/mol. The summed E-state index contributed by atoms with van der Waals surface area (Å²) < 4.78 is 46.5. The van der Waals surface area contributed by atoms with Gasteiger partial charge >= 0.3 is 11.7 Å². The number of hydrogen-bond donors (Lipinski definition) is 1. The van der Waals surface area contributed by atoms with Crippen LogP contribution < -0.4 is 4.68 Å². The van der Waals surface area contributed by atoms with Gasteiger partial charge in [-0.05, 0) is 35.9 Å². The van der Waals surface area contributed by atoms with Crippen LogP contribution in [0.2, 0.25) is 10.2 Å². The minimum absolute atomic E-state index is 0.0570. The Hall–Kier alpha value is -4.56. The molecule has 202 valence electrons. The number of pyridine rings is 1. The van der Waals surface area contributed by atoms with Gasteiger partial charge in [-0.15, -0.1) is 9.78 Å². The van der Waals surface area contributed by atoms with Crippen molar-refractivity contribution in [2.24, 2.45) is 0 Å². The van der Waals surface area contributed by atoms with Crippen LogP contribution in [0.25, 0.3) is 28.1 Å². The minimum atomic E-state index is -2.81. The molecule has 40 heavy (non-hydrogen) atoms. The molecule has 0 saturated heterocycles. The monoisotopic (exact) mass is 586 g/mol. The molecule has 1 atom stereocenters. The van der Waals surface area contributed by atoms with Crippen LogP contribution in [0.15, 0.2) is 73.7 Å². The Bertz CT molecular complexity index is 1760. The van der Waals surface area contributed by atoms with E-state index >= 15 is 4.39 Å². The van der Waals surface area contributed by atoms with Crippen LogP contribution >= 0.6 is 23.2 Å². The van der Waals surface area contributed by atoms with Crippen molar-refractivity contribution >= 4 is 23.2 Å². The van der Waals surface area contributed by atoms with E-state index in [1.54, 1.807) is 52.2 Å². The van der Waals surface area contributed by atoms with Crippen molar-refractivity contribution in [1.82, 2.24) is 49.9 Å². The van der Waals surface area contributed by atoms with Gasteiger partial charge in [0.05, 0.1) is 40.3 Å². The predicted molar refractivity (Wildman–Crippen MR) is 136 cm³/mol. The van der Waals surface area contributed by atoms with Crippen molar-refractivity contribution in [3.63, 3.8) is 0 Å². The average Bonchev–Trinajstić information content (AvgIpc) is 3.76. The molecule has 1 N–H and O–H groups in total. The first-order valence-electron chi connectivity index (χ1n) is 11.7. The van der Waals surface area contributed by atoms with Crippen molar-refractivity contribution in [3.05, 3.63) is 95.4 Å². The summed E-state index contributed by atoms with van der Waals surface area (Å²) >= 11 is 12.1. The summed E-state index contributed by atoms with van der Waals surface area (Å²) in [7, 11) is 0. The smallest absolute Gasteiger partial charge is 0.270 e. The molecular weight excluding hydrogens is 570 g/mol. The van der Waals surface area contributed by atoms with Crippen molar-refractivity contribution in [2.75, 3.05) is 0 Å². The second kappa shape index (κ2) is 10.5. The summed E-state index contributed by atoms with van der Waals surface area (Å²) in [5.74, 6) is -0.631. The highest BCUT2D eigenvalue weighted by Gasteiger charge is 2.23. The van der Waals surface area contributed by atoms with Crippen LogP contribution in [-0.4, -0.2) is 49.9 Å². The highest BCUT2D eigenvalue weighted by molar-refractivity contribution is 6.31. The Balaban J connectivity index is 1.37. The topological polar surface area (TPSA) is 112 Å². The van der Waals surface area contributed by atoms with E-state index < -0.39 is 18.4 Å². The molecule has 0 radical (unpaired) electrons. The molecule has 0 aliphatic carbocycles. The Kier molecular flexibility index (Phi) is 6.77. The summed E-state index contributed by atoms with van der Waals surface area (Å²) in [6.07, 6.45) is 10.8. The molecule has 6 aromatic rings. The van der Waals surface area contributed by atoms with E-state index in [2.05, 4.69) is 35.8 Å². The number of rotatable bonds is 8. The lowest BCUT2D eigenvalue weighted by Gasteiger charge is -2.18. The van der Waals surface area contributed by atoms with E-state index in [-0.39, 0.29) is 21.4 Å². The highest BCUT2D eigenvalue weighted by atomic mass is 35.5. The Morgan fingerprint density at radius 1 is 1.00 bits per heavy atom. The first-order chi connectivity index (χ1) is 19.4. The quantitative estimate of drug-likeness (QED) is 0.262. The fourth-order valence-electron chi connectivity index (χ4n) is 4.20. The number of aromatic nitrogens is 11. The second-order valence-corrected chi connectivity index (χ2v) is 9.37. The van der Waals surface area contributed by atoms with Gasteiger partial charge in [0, 0.05) is 35.9 Å². The lowest BCUT2D eigenvalue weighted by atomic mass is 10.0. The molecule has 0 fully saturated rings. The van der Waals surface area contributed by atoms with Crippen molar-refractivity contribution in [2.45, 2.75) is 19.1 Å². The number of alkyl halides is 2. The van der Waals surface area contributed by atoms with E-state index in [9.17, 15) is 8.78 Å². The highest BCUT2D eigenvalue weighted by Crippen LogP contribution is 2.32. The van der Waals surface area contributed by atoms with Gasteiger partial charge < -0.3 is 0 Å². The molecule has 16 heteroatoms. The molecule has 0 spiro atoms. The van der Waals surface area contributed by atoms with Crippen molar-refractivity contribution < 1.29 is 17.9 Å². The summed E-state index contributed by atoms with van der Waals surface area (Å²) in [5.41, 5.74) is 2.41. The van der Waals surface area contributed by atoms with E-state index in [1.165, 1.54) is 29.3 Å². The molecule has 5 heterocycles. The summed E-state index contributed by atoms with van der Waals surface area (Å²) in [6.45, 7) is -2.45. The predicted octanol–water partition coefficient (Wildman–Crippen LogP) is 4.53. The molecule has 11 nitrogen and oxygen atoms in total. The van der Waals surface area contributed by atoms with Gasteiger partial charge in [-0.1, -0.05) is 28.1 Å². The number of benzene rings is 1. The fraction of sp³-hybridized carbons (Fsp3) is 0.125. The number of aromatic amines is 1. The maximum atomic E-state index is 15.3. The van der Waals surface area contributed by atoms with Crippen LogP contribution in [0.3, 0.4) is 0 Å². The van der Waals surface area contributed by atoms with Crippen LogP contribution in [0, 0.1) is 5.82 Å². The van der Waals surface area contributed by atoms with E-state index in [4.69, 9.17) is 23.2 Å². The van der Waals surface area contributed by atoms with Gasteiger partial charge in [-0.2, -0.15) is 23.7 Å². The lowest BCUT2D eigenvalue weighted by molar-refractivity contribution is -0.659. The van der Waals surface area contributed by atoms with Gasteiger partial charge in [-0.25, -0.2) is 4.39 Å². The molecule has 0 amide bonds. The zero-order valence-corrected chi connectivity index (χ0v) is 21.7. The number of nitrogens with zero attached hydrogens (tertiary/aromatic N) is 10. The van der Waals surface area contributed by atoms with Crippen molar-refractivity contribution in [3.8, 4) is 28.1 Å². The zero-order chi connectivity index (χ0) is 27.8. The van der Waals surface area contributed by atoms with Crippen LogP contribution in [-0.2, 0) is 6.54 Å². The third-order valence-electron chi connectivity index (χ3n) is 6.10. The maximum absolute atomic E-state index is 15.3. The molecule has 0 saturated carbocycles. The molecule has 0 unspecified atom stereocenters. The van der Waals surface area contributed by atoms with Crippen LogP contribution in [0.1, 0.15) is 18.3 Å².